The molecule has 0 spiro atoms. The monoisotopic (exact) mass is 277 g/mol. The number of carbonyl (C=O) groups is 1. The smallest absolute Gasteiger partial charge is 0.407 e. The van der Waals surface area contributed by atoms with E-state index in [9.17, 15) is 4.79 Å². The Balaban J connectivity index is 1.55. The maximum atomic E-state index is 11.6. The molecule has 5 nitrogen and oxygen atoms in total. The lowest BCUT2D eigenvalue weighted by molar-refractivity contribution is 0.125. The Kier molecular flexibility index (Phi) is 5.83. The van der Waals surface area contributed by atoms with E-state index in [0.717, 1.165) is 31.4 Å². The first-order chi connectivity index (χ1) is 9.78. The van der Waals surface area contributed by atoms with Crippen molar-refractivity contribution in [1.82, 2.24) is 10.6 Å². The number of nitrogens with one attached hydrogen (secondary N) is 2. The summed E-state index contributed by atoms with van der Waals surface area (Å²) in [4.78, 5) is 11.6. The average molecular weight is 277 g/mol. The molecule has 1 aliphatic rings. The fraction of sp³-hybridized carbons (Fsp3) is 0.533. The summed E-state index contributed by atoms with van der Waals surface area (Å²) >= 11 is 0. The second kappa shape index (κ2) is 7.87. The Hall–Kier alpha value is -1.59. The van der Waals surface area contributed by atoms with Crippen LogP contribution >= 0.6 is 0 Å². The van der Waals surface area contributed by atoms with E-state index in [1.165, 1.54) is 0 Å². The molecule has 20 heavy (non-hydrogen) atoms. The summed E-state index contributed by atoms with van der Waals surface area (Å²) in [7, 11) is 0. The van der Waals surface area contributed by atoms with Crippen molar-refractivity contribution in [2.45, 2.75) is 38.0 Å². The van der Waals surface area contributed by atoms with Gasteiger partial charge < -0.3 is 21.1 Å². The highest BCUT2D eigenvalue weighted by molar-refractivity contribution is 5.67. The molecule has 0 radical (unpaired) electrons. The van der Waals surface area contributed by atoms with Crippen molar-refractivity contribution in [2.24, 2.45) is 5.73 Å². The molecule has 0 aliphatic heterocycles. The van der Waals surface area contributed by atoms with Crippen LogP contribution < -0.4 is 16.4 Å². The minimum atomic E-state index is -0.334. The molecule has 110 valence electrons. The van der Waals surface area contributed by atoms with E-state index in [2.05, 4.69) is 10.6 Å². The molecule has 1 saturated carbocycles. The Morgan fingerprint density at radius 1 is 1.25 bits per heavy atom. The topological polar surface area (TPSA) is 76.4 Å². The fourth-order valence-electron chi connectivity index (χ4n) is 2.24. The van der Waals surface area contributed by atoms with Gasteiger partial charge in [-0.3, -0.25) is 0 Å². The zero-order chi connectivity index (χ0) is 14.2. The molecular formula is C15H23N3O2. The van der Waals surface area contributed by atoms with Gasteiger partial charge in [0.2, 0.25) is 0 Å². The molecule has 4 N–H and O–H groups in total. The van der Waals surface area contributed by atoms with E-state index in [0.29, 0.717) is 19.2 Å². The van der Waals surface area contributed by atoms with Crippen LogP contribution in [0.3, 0.4) is 0 Å². The maximum Gasteiger partial charge on any atom is 0.407 e. The predicted octanol–water partition coefficient (Wildman–Crippen LogP) is 1.38. The molecule has 0 aromatic heterocycles. The molecular weight excluding hydrogens is 254 g/mol. The summed E-state index contributed by atoms with van der Waals surface area (Å²) in [6.07, 6.45) is 2.59. The normalized spacial score (nSPS) is 21.1. The van der Waals surface area contributed by atoms with Gasteiger partial charge in [0.1, 0.15) is 6.61 Å². The Morgan fingerprint density at radius 2 is 2.00 bits per heavy atom. The second-order valence-electron chi connectivity index (χ2n) is 5.17. The van der Waals surface area contributed by atoms with Crippen LogP contribution in [0.5, 0.6) is 0 Å². The summed E-state index contributed by atoms with van der Waals surface area (Å²) in [5.74, 6) is 0. The number of benzene rings is 1. The third-order valence-electron chi connectivity index (χ3n) is 3.49. The van der Waals surface area contributed by atoms with Crippen LogP contribution in [0.4, 0.5) is 4.79 Å². The highest BCUT2D eigenvalue weighted by atomic mass is 16.5. The van der Waals surface area contributed by atoms with Crippen molar-refractivity contribution < 1.29 is 9.53 Å². The van der Waals surface area contributed by atoms with E-state index in [-0.39, 0.29) is 12.1 Å². The van der Waals surface area contributed by atoms with Gasteiger partial charge in [0, 0.05) is 12.1 Å². The molecule has 0 atom stereocenters. The van der Waals surface area contributed by atoms with Crippen molar-refractivity contribution in [3.63, 3.8) is 0 Å². The third kappa shape index (κ3) is 4.83. The number of rotatable bonds is 7. The van der Waals surface area contributed by atoms with Crippen LogP contribution in [0, 0.1) is 0 Å². The molecule has 0 saturated heterocycles. The maximum absolute atomic E-state index is 11.6. The van der Waals surface area contributed by atoms with Gasteiger partial charge >= 0.3 is 6.09 Å². The van der Waals surface area contributed by atoms with Gasteiger partial charge in [0.25, 0.3) is 0 Å². The van der Waals surface area contributed by atoms with Gasteiger partial charge in [-0.2, -0.15) is 0 Å². The van der Waals surface area contributed by atoms with Gasteiger partial charge in [-0.25, -0.2) is 4.79 Å². The van der Waals surface area contributed by atoms with Gasteiger partial charge in [0.05, 0.1) is 0 Å². The van der Waals surface area contributed by atoms with Crippen LogP contribution in [0.1, 0.15) is 24.8 Å². The van der Waals surface area contributed by atoms with E-state index < -0.39 is 0 Å². The number of hydrogen-bond donors (Lipinski definition) is 3. The van der Waals surface area contributed by atoms with Crippen molar-refractivity contribution >= 4 is 6.09 Å². The lowest BCUT2D eigenvalue weighted by Crippen LogP contribution is -2.52. The summed E-state index contributed by atoms with van der Waals surface area (Å²) in [5.41, 5.74) is 6.43. The van der Waals surface area contributed by atoms with Gasteiger partial charge in [-0.1, -0.05) is 30.3 Å². The first kappa shape index (κ1) is 14.8. The minimum absolute atomic E-state index is 0.230. The Morgan fingerprint density at radius 3 is 2.70 bits per heavy atom. The predicted molar refractivity (Wildman–Crippen MR) is 78.2 cm³/mol. The van der Waals surface area contributed by atoms with Crippen LogP contribution in [0.25, 0.3) is 0 Å². The lowest BCUT2D eigenvalue weighted by atomic mass is 9.87. The average Bonchev–Trinajstić information content (AvgIpc) is 2.43. The van der Waals surface area contributed by atoms with E-state index in [4.69, 9.17) is 10.5 Å². The quantitative estimate of drug-likeness (QED) is 0.658. The Labute approximate surface area is 119 Å². The van der Waals surface area contributed by atoms with Crippen molar-refractivity contribution in [3.8, 4) is 0 Å². The van der Waals surface area contributed by atoms with Crippen LogP contribution in [-0.4, -0.2) is 31.3 Å². The standard InChI is InChI=1S/C15H23N3O2/c16-7-4-8-17-13-9-14(10-13)18-15(19)20-11-12-5-2-1-3-6-12/h1-3,5-6,13-14,17H,4,7-11,16H2,(H,18,19). The highest BCUT2D eigenvalue weighted by Crippen LogP contribution is 2.19. The third-order valence-corrected chi connectivity index (χ3v) is 3.49. The van der Waals surface area contributed by atoms with E-state index >= 15 is 0 Å². The summed E-state index contributed by atoms with van der Waals surface area (Å²) in [5, 5.41) is 6.29. The number of amides is 1. The summed E-state index contributed by atoms with van der Waals surface area (Å²) in [6.45, 7) is 1.98. The second-order valence-corrected chi connectivity index (χ2v) is 5.17. The largest absolute Gasteiger partial charge is 0.445 e. The SMILES string of the molecule is NCCCNC1CC(NC(=O)OCc2ccccc2)C1. The molecule has 0 bridgehead atoms. The minimum Gasteiger partial charge on any atom is -0.445 e. The molecule has 1 aromatic rings. The van der Waals surface area contributed by atoms with Crippen LogP contribution in [0.15, 0.2) is 30.3 Å². The number of alkyl carbamates (subject to hydrolysis) is 1. The summed E-state index contributed by atoms with van der Waals surface area (Å²) in [6, 6.07) is 10.4. The van der Waals surface area contributed by atoms with E-state index in [1.54, 1.807) is 0 Å². The first-order valence-electron chi connectivity index (χ1n) is 7.18. The van der Waals surface area contributed by atoms with Gasteiger partial charge in [0.15, 0.2) is 0 Å². The zero-order valence-corrected chi connectivity index (χ0v) is 11.7. The highest BCUT2D eigenvalue weighted by Gasteiger charge is 2.29. The van der Waals surface area contributed by atoms with Crippen LogP contribution in [0.2, 0.25) is 0 Å². The van der Waals surface area contributed by atoms with E-state index in [1.807, 2.05) is 30.3 Å². The molecule has 5 heteroatoms. The molecule has 2 rings (SSSR count). The van der Waals surface area contributed by atoms with Crippen molar-refractivity contribution in [3.05, 3.63) is 35.9 Å². The molecule has 1 amide bonds. The Bertz CT molecular complexity index is 405. The number of ether oxygens (including phenoxy) is 1. The van der Waals surface area contributed by atoms with Crippen LogP contribution in [-0.2, 0) is 11.3 Å². The zero-order valence-electron chi connectivity index (χ0n) is 11.7. The molecule has 0 unspecified atom stereocenters. The number of nitrogens with two attached hydrogens (primary N) is 1. The molecule has 0 heterocycles. The van der Waals surface area contributed by atoms with Gasteiger partial charge in [-0.05, 0) is 37.9 Å². The number of hydrogen-bond acceptors (Lipinski definition) is 4. The first-order valence-corrected chi connectivity index (χ1v) is 7.18. The summed E-state index contributed by atoms with van der Waals surface area (Å²) < 4.78 is 5.18. The number of carbonyl (C=O) groups excluding carboxylic acids is 1. The molecule has 1 fully saturated rings. The molecule has 1 aliphatic carbocycles. The van der Waals surface area contributed by atoms with Gasteiger partial charge in [-0.15, -0.1) is 0 Å². The van der Waals surface area contributed by atoms with Crippen molar-refractivity contribution in [1.29, 1.82) is 0 Å². The lowest BCUT2D eigenvalue weighted by Gasteiger charge is -2.36. The molecule has 1 aromatic carbocycles. The van der Waals surface area contributed by atoms with Crippen molar-refractivity contribution in [2.75, 3.05) is 13.1 Å². The fourth-order valence-corrected chi connectivity index (χ4v) is 2.24.